The second-order valence-electron chi connectivity index (χ2n) is 6.31. The molecule has 3 rings (SSSR count). The van der Waals surface area contributed by atoms with Crippen molar-refractivity contribution in [2.45, 2.75) is 33.0 Å². The fourth-order valence-electron chi connectivity index (χ4n) is 2.79. The third-order valence-electron chi connectivity index (χ3n) is 4.26. The fraction of sp³-hybridized carbons (Fsp3) is 0.316. The molecule has 1 amide bonds. The van der Waals surface area contributed by atoms with Crippen LogP contribution in [-0.2, 0) is 17.8 Å². The topological polar surface area (TPSA) is 46.6 Å². The minimum atomic E-state index is -4.49. The second kappa shape index (κ2) is 6.90. The molecule has 0 saturated carbocycles. The van der Waals surface area contributed by atoms with E-state index in [9.17, 15) is 18.0 Å². The Morgan fingerprint density at radius 1 is 1.15 bits per heavy atom. The van der Waals surface area contributed by atoms with Crippen LogP contribution in [0.5, 0.6) is 0 Å². The van der Waals surface area contributed by atoms with Crippen molar-refractivity contribution >= 4 is 16.9 Å². The Kier molecular flexibility index (Phi) is 4.80. The van der Waals surface area contributed by atoms with Crippen LogP contribution in [0.15, 0.2) is 45.6 Å². The van der Waals surface area contributed by atoms with Crippen molar-refractivity contribution in [1.82, 2.24) is 4.90 Å². The van der Waals surface area contributed by atoms with Gasteiger partial charge in [-0.2, -0.15) is 13.2 Å². The molecule has 26 heavy (non-hydrogen) atoms. The maximum absolute atomic E-state index is 12.9. The average molecular weight is 365 g/mol. The van der Waals surface area contributed by atoms with Gasteiger partial charge in [-0.25, -0.2) is 0 Å². The Labute approximate surface area is 148 Å². The summed E-state index contributed by atoms with van der Waals surface area (Å²) in [5.74, 6) is -0.342. The van der Waals surface area contributed by atoms with Gasteiger partial charge in [0.25, 0.3) is 0 Å². The Morgan fingerprint density at radius 2 is 1.88 bits per heavy atom. The molecule has 7 heteroatoms. The largest absolute Gasteiger partial charge is 0.467 e. The highest BCUT2D eigenvalue weighted by Gasteiger charge is 2.33. The molecule has 0 spiro atoms. The zero-order valence-electron chi connectivity index (χ0n) is 14.4. The van der Waals surface area contributed by atoms with Gasteiger partial charge >= 0.3 is 6.18 Å². The molecule has 2 aromatic heterocycles. The van der Waals surface area contributed by atoms with Gasteiger partial charge in [-0.15, -0.1) is 0 Å². The maximum Gasteiger partial charge on any atom is 0.406 e. The summed E-state index contributed by atoms with van der Waals surface area (Å²) in [6, 6.07) is 6.85. The van der Waals surface area contributed by atoms with Crippen molar-refractivity contribution in [2.75, 3.05) is 6.54 Å². The average Bonchev–Trinajstić information content (AvgIpc) is 3.17. The van der Waals surface area contributed by atoms with Crippen molar-refractivity contribution in [2.24, 2.45) is 0 Å². The molecular weight excluding hydrogens is 347 g/mol. The van der Waals surface area contributed by atoms with Crippen LogP contribution < -0.4 is 0 Å². The Morgan fingerprint density at radius 3 is 2.54 bits per heavy atom. The van der Waals surface area contributed by atoms with Crippen molar-refractivity contribution in [1.29, 1.82) is 0 Å². The van der Waals surface area contributed by atoms with Crippen LogP contribution in [0.1, 0.15) is 22.5 Å². The number of amides is 1. The van der Waals surface area contributed by atoms with Gasteiger partial charge in [-0.1, -0.05) is 0 Å². The number of aryl methyl sites for hydroxylation is 2. The van der Waals surface area contributed by atoms with Crippen molar-refractivity contribution in [3.8, 4) is 0 Å². The zero-order valence-corrected chi connectivity index (χ0v) is 14.4. The molecule has 138 valence electrons. The summed E-state index contributed by atoms with van der Waals surface area (Å²) >= 11 is 0. The van der Waals surface area contributed by atoms with Gasteiger partial charge in [0.1, 0.15) is 17.9 Å². The van der Waals surface area contributed by atoms with Crippen LogP contribution in [0.4, 0.5) is 13.2 Å². The van der Waals surface area contributed by atoms with Crippen LogP contribution >= 0.6 is 0 Å². The number of halogens is 3. The lowest BCUT2D eigenvalue weighted by molar-refractivity contribution is -0.162. The predicted octanol–water partition coefficient (Wildman–Crippen LogP) is 4.78. The number of rotatable bonds is 5. The third kappa shape index (κ3) is 4.09. The van der Waals surface area contributed by atoms with Gasteiger partial charge in [-0.05, 0) is 49.2 Å². The van der Waals surface area contributed by atoms with E-state index in [1.54, 1.807) is 6.07 Å². The number of hydrogen-bond acceptors (Lipinski definition) is 3. The number of nitrogens with zero attached hydrogens (tertiary/aromatic N) is 1. The summed E-state index contributed by atoms with van der Waals surface area (Å²) in [6.07, 6.45) is -1.87. The Balaban J connectivity index is 1.84. The molecule has 0 unspecified atom stereocenters. The summed E-state index contributed by atoms with van der Waals surface area (Å²) in [5.41, 5.74) is 3.25. The highest BCUT2D eigenvalue weighted by molar-refractivity contribution is 5.88. The summed E-state index contributed by atoms with van der Waals surface area (Å²) in [5, 5.41) is 0.742. The van der Waals surface area contributed by atoms with Gasteiger partial charge in [0.15, 0.2) is 0 Å². The molecule has 0 aliphatic heterocycles. The molecule has 0 aliphatic rings. The van der Waals surface area contributed by atoms with Crippen molar-refractivity contribution < 1.29 is 26.8 Å². The smallest absolute Gasteiger partial charge is 0.406 e. The normalized spacial score (nSPS) is 11.9. The van der Waals surface area contributed by atoms with Crippen LogP contribution in [-0.4, -0.2) is 23.5 Å². The highest BCUT2D eigenvalue weighted by Crippen LogP contribution is 2.26. The number of alkyl halides is 3. The summed E-state index contributed by atoms with van der Waals surface area (Å²) < 4.78 is 49.2. The molecule has 0 atom stereocenters. The van der Waals surface area contributed by atoms with E-state index in [0.29, 0.717) is 16.9 Å². The highest BCUT2D eigenvalue weighted by atomic mass is 19.4. The van der Waals surface area contributed by atoms with E-state index in [2.05, 4.69) is 0 Å². The lowest BCUT2D eigenvalue weighted by Gasteiger charge is -2.23. The minimum Gasteiger partial charge on any atom is -0.467 e. The SMILES string of the molecule is Cc1cc2occ(CC(=O)N(Cc3ccco3)CC(F)(F)F)c2cc1C. The summed E-state index contributed by atoms with van der Waals surface area (Å²) in [7, 11) is 0. The van der Waals surface area contributed by atoms with E-state index < -0.39 is 18.6 Å². The second-order valence-corrected chi connectivity index (χ2v) is 6.31. The van der Waals surface area contributed by atoms with Gasteiger partial charge in [0, 0.05) is 10.9 Å². The molecule has 0 aliphatic carbocycles. The third-order valence-corrected chi connectivity index (χ3v) is 4.26. The summed E-state index contributed by atoms with van der Waals surface area (Å²) in [6.45, 7) is 2.30. The van der Waals surface area contributed by atoms with E-state index in [1.165, 1.54) is 18.6 Å². The molecule has 1 aromatic carbocycles. The first-order chi connectivity index (χ1) is 12.2. The van der Waals surface area contributed by atoms with Gasteiger partial charge < -0.3 is 13.7 Å². The first kappa shape index (κ1) is 18.1. The molecule has 0 N–H and O–H groups in total. The lowest BCUT2D eigenvalue weighted by Crippen LogP contribution is -2.39. The number of hydrogen-bond donors (Lipinski definition) is 0. The molecule has 4 nitrogen and oxygen atoms in total. The van der Waals surface area contributed by atoms with Gasteiger partial charge in [0.05, 0.1) is 25.5 Å². The van der Waals surface area contributed by atoms with Gasteiger partial charge in [-0.3, -0.25) is 4.79 Å². The molecule has 0 bridgehead atoms. The number of carbonyl (C=O) groups is 1. The summed E-state index contributed by atoms with van der Waals surface area (Å²) in [4.78, 5) is 13.3. The fourth-order valence-corrected chi connectivity index (χ4v) is 2.79. The predicted molar refractivity (Wildman–Crippen MR) is 89.6 cm³/mol. The van der Waals surface area contributed by atoms with E-state index >= 15 is 0 Å². The Bertz CT molecular complexity index is 910. The quantitative estimate of drug-likeness (QED) is 0.654. The van der Waals surface area contributed by atoms with Gasteiger partial charge in [0.2, 0.25) is 5.91 Å². The molecule has 2 heterocycles. The van der Waals surface area contributed by atoms with E-state index in [1.807, 2.05) is 26.0 Å². The molecular formula is C19H18F3NO3. The molecule has 0 fully saturated rings. The van der Waals surface area contributed by atoms with E-state index in [4.69, 9.17) is 8.83 Å². The number of fused-ring (bicyclic) bond motifs is 1. The molecule has 3 aromatic rings. The number of carbonyl (C=O) groups excluding carboxylic acids is 1. The van der Waals surface area contributed by atoms with Crippen LogP contribution in [0.3, 0.4) is 0 Å². The molecule has 0 saturated heterocycles. The standard InChI is InChI=1S/C19H18F3NO3/c1-12-6-16-14(10-26-17(16)7-13(12)2)8-18(24)23(11-19(20,21)22)9-15-4-3-5-25-15/h3-7,10H,8-9,11H2,1-2H3. The van der Waals surface area contributed by atoms with Crippen LogP contribution in [0.2, 0.25) is 0 Å². The number of benzene rings is 1. The van der Waals surface area contributed by atoms with E-state index in [-0.39, 0.29) is 13.0 Å². The number of furan rings is 2. The minimum absolute atomic E-state index is 0.174. The van der Waals surface area contributed by atoms with Crippen LogP contribution in [0.25, 0.3) is 11.0 Å². The van der Waals surface area contributed by atoms with E-state index in [0.717, 1.165) is 21.4 Å². The van der Waals surface area contributed by atoms with Crippen molar-refractivity contribution in [3.05, 3.63) is 59.2 Å². The maximum atomic E-state index is 12.9. The van der Waals surface area contributed by atoms with Crippen LogP contribution in [0, 0.1) is 13.8 Å². The zero-order chi connectivity index (χ0) is 18.9. The first-order valence-electron chi connectivity index (χ1n) is 8.07. The lowest BCUT2D eigenvalue weighted by atomic mass is 10.0. The first-order valence-corrected chi connectivity index (χ1v) is 8.07. The molecule has 0 radical (unpaired) electrons. The van der Waals surface area contributed by atoms with Crippen molar-refractivity contribution in [3.63, 3.8) is 0 Å². The monoisotopic (exact) mass is 365 g/mol. The Hall–Kier alpha value is -2.70.